The molecule has 0 N–H and O–H groups in total. The van der Waals surface area contributed by atoms with E-state index < -0.39 is 17.7 Å². The van der Waals surface area contributed by atoms with Gasteiger partial charge in [0.1, 0.15) is 5.82 Å². The Balaban J connectivity index is 1.56. The zero-order chi connectivity index (χ0) is 19.9. The summed E-state index contributed by atoms with van der Waals surface area (Å²) in [7, 11) is 0. The minimum atomic E-state index is -0.577. The third kappa shape index (κ3) is 2.07. The Morgan fingerprint density at radius 2 is 1.17 bits per heavy atom. The lowest BCUT2D eigenvalue weighted by atomic mass is 9.55. The molecule has 1 fully saturated rings. The average molecular weight is 404 g/mol. The molecule has 3 nitrogen and oxygen atoms in total. The molecule has 4 aliphatic rings. The zero-order valence-electron chi connectivity index (χ0n) is 15.2. The smallest absolute Gasteiger partial charge is 0.238 e. The van der Waals surface area contributed by atoms with Crippen LogP contribution in [0.1, 0.15) is 34.1 Å². The van der Waals surface area contributed by atoms with Crippen LogP contribution in [0.3, 0.4) is 0 Å². The van der Waals surface area contributed by atoms with Gasteiger partial charge in [-0.2, -0.15) is 0 Å². The second kappa shape index (κ2) is 5.77. The van der Waals surface area contributed by atoms with Crippen LogP contribution in [0.4, 0.5) is 10.1 Å². The first-order valence-electron chi connectivity index (χ1n) is 9.58. The summed E-state index contributed by atoms with van der Waals surface area (Å²) in [6.07, 6.45) is 0. The van der Waals surface area contributed by atoms with E-state index in [0.717, 1.165) is 22.3 Å². The Morgan fingerprint density at radius 3 is 1.59 bits per heavy atom. The van der Waals surface area contributed by atoms with Gasteiger partial charge in [-0.05, 0) is 40.5 Å². The van der Waals surface area contributed by atoms with E-state index in [1.54, 1.807) is 0 Å². The van der Waals surface area contributed by atoms with Crippen molar-refractivity contribution < 1.29 is 14.0 Å². The fourth-order valence-corrected chi connectivity index (χ4v) is 5.73. The van der Waals surface area contributed by atoms with E-state index in [-0.39, 0.29) is 28.7 Å². The molecule has 2 atom stereocenters. The van der Waals surface area contributed by atoms with Gasteiger partial charge in [-0.25, -0.2) is 9.29 Å². The maximum Gasteiger partial charge on any atom is 0.238 e. The summed E-state index contributed by atoms with van der Waals surface area (Å²) in [5.41, 5.74) is 4.82. The first-order chi connectivity index (χ1) is 14.1. The lowest BCUT2D eigenvalue weighted by Crippen LogP contribution is -2.41. The van der Waals surface area contributed by atoms with E-state index in [4.69, 9.17) is 11.6 Å². The molecular formula is C24H15ClFNO2. The van der Waals surface area contributed by atoms with Crippen LogP contribution >= 0.6 is 11.6 Å². The number of anilines is 1. The predicted octanol–water partition coefficient (Wildman–Crippen LogP) is 4.88. The number of benzene rings is 3. The number of halogens is 2. The van der Waals surface area contributed by atoms with Crippen molar-refractivity contribution in [3.05, 3.63) is 99.8 Å². The van der Waals surface area contributed by atoms with Crippen LogP contribution in [-0.2, 0) is 9.59 Å². The second-order valence-corrected chi connectivity index (χ2v) is 8.28. The van der Waals surface area contributed by atoms with Crippen LogP contribution in [0.2, 0.25) is 5.02 Å². The third-order valence-electron chi connectivity index (χ3n) is 6.61. The minimum Gasteiger partial charge on any atom is -0.274 e. The van der Waals surface area contributed by atoms with E-state index in [0.29, 0.717) is 5.69 Å². The van der Waals surface area contributed by atoms with E-state index in [1.807, 2.05) is 24.3 Å². The summed E-state index contributed by atoms with van der Waals surface area (Å²) >= 11 is 5.93. The Kier molecular flexibility index (Phi) is 3.37. The van der Waals surface area contributed by atoms with Crippen molar-refractivity contribution in [1.29, 1.82) is 0 Å². The molecule has 29 heavy (non-hydrogen) atoms. The number of amides is 2. The highest BCUT2D eigenvalue weighted by Gasteiger charge is 2.61. The van der Waals surface area contributed by atoms with Crippen LogP contribution in [-0.4, -0.2) is 11.8 Å². The maximum atomic E-state index is 13.6. The summed E-state index contributed by atoms with van der Waals surface area (Å²) < 4.78 is 13.6. The quantitative estimate of drug-likeness (QED) is 0.543. The Hall–Kier alpha value is -2.98. The first kappa shape index (κ1) is 16.9. The molecule has 1 heterocycles. The Bertz CT molecular complexity index is 1110. The van der Waals surface area contributed by atoms with Crippen molar-refractivity contribution in [2.45, 2.75) is 11.8 Å². The Morgan fingerprint density at radius 1 is 0.724 bits per heavy atom. The molecule has 0 aromatic heterocycles. The molecule has 0 spiro atoms. The van der Waals surface area contributed by atoms with Crippen molar-refractivity contribution >= 4 is 29.1 Å². The van der Waals surface area contributed by atoms with Crippen LogP contribution < -0.4 is 4.90 Å². The van der Waals surface area contributed by atoms with Gasteiger partial charge in [-0.15, -0.1) is 0 Å². The van der Waals surface area contributed by atoms with Crippen molar-refractivity contribution in [2.75, 3.05) is 4.90 Å². The molecule has 5 heteroatoms. The number of nitrogens with zero attached hydrogens (tertiary/aromatic N) is 1. The number of rotatable bonds is 1. The molecule has 2 bridgehead atoms. The predicted molar refractivity (Wildman–Crippen MR) is 107 cm³/mol. The molecule has 1 aliphatic heterocycles. The highest BCUT2D eigenvalue weighted by molar-refractivity contribution is 6.31. The van der Waals surface area contributed by atoms with Crippen molar-refractivity contribution in [3.8, 4) is 0 Å². The molecule has 7 rings (SSSR count). The maximum absolute atomic E-state index is 13.6. The minimum absolute atomic E-state index is 0.104. The molecular weight excluding hydrogens is 389 g/mol. The number of hydrogen-bond acceptors (Lipinski definition) is 2. The molecule has 0 radical (unpaired) electrons. The van der Waals surface area contributed by atoms with Gasteiger partial charge < -0.3 is 0 Å². The molecule has 0 unspecified atom stereocenters. The number of imide groups is 1. The lowest BCUT2D eigenvalue weighted by molar-refractivity contribution is -0.122. The van der Waals surface area contributed by atoms with Crippen LogP contribution in [0.25, 0.3) is 0 Å². The van der Waals surface area contributed by atoms with Gasteiger partial charge in [0.2, 0.25) is 11.8 Å². The van der Waals surface area contributed by atoms with Crippen LogP contribution in [0.5, 0.6) is 0 Å². The molecule has 1 saturated heterocycles. The van der Waals surface area contributed by atoms with E-state index >= 15 is 0 Å². The summed E-state index contributed by atoms with van der Waals surface area (Å²) in [5.74, 6) is -2.28. The highest BCUT2D eigenvalue weighted by atomic mass is 35.5. The van der Waals surface area contributed by atoms with E-state index in [9.17, 15) is 14.0 Å². The van der Waals surface area contributed by atoms with Gasteiger partial charge >= 0.3 is 0 Å². The Labute approximate surface area is 171 Å². The monoisotopic (exact) mass is 403 g/mol. The number of carbonyl (C=O) groups excluding carboxylic acids is 2. The van der Waals surface area contributed by atoms with Gasteiger partial charge in [-0.3, -0.25) is 9.59 Å². The average Bonchev–Trinajstić information content (AvgIpc) is 3.01. The molecule has 142 valence electrons. The topological polar surface area (TPSA) is 37.4 Å². The lowest BCUT2D eigenvalue weighted by Gasteiger charge is -2.45. The molecule has 0 saturated carbocycles. The molecule has 3 aliphatic carbocycles. The number of hydrogen-bond donors (Lipinski definition) is 0. The molecule has 3 aromatic carbocycles. The van der Waals surface area contributed by atoms with Crippen LogP contribution in [0, 0.1) is 17.7 Å². The van der Waals surface area contributed by atoms with Crippen molar-refractivity contribution in [3.63, 3.8) is 0 Å². The third-order valence-corrected chi connectivity index (χ3v) is 6.90. The summed E-state index contributed by atoms with van der Waals surface area (Å²) in [6, 6.07) is 20.2. The highest BCUT2D eigenvalue weighted by Crippen LogP contribution is 2.61. The fourth-order valence-electron chi connectivity index (χ4n) is 5.56. The second-order valence-electron chi connectivity index (χ2n) is 7.88. The van der Waals surface area contributed by atoms with Crippen LogP contribution in [0.15, 0.2) is 66.7 Å². The van der Waals surface area contributed by atoms with E-state index in [1.165, 1.54) is 23.1 Å². The number of carbonyl (C=O) groups is 2. The molecule has 3 aromatic rings. The van der Waals surface area contributed by atoms with Gasteiger partial charge in [0.15, 0.2) is 0 Å². The molecule has 2 amide bonds. The standard InChI is InChI=1S/C24H15ClFNO2/c25-17-11-12(9-10-18(17)26)27-23(28)21-19-13-5-1-2-6-14(13)20(22(21)24(27)29)16-8-4-3-7-15(16)19/h1-11,19-22H/t19?,20?,21-,22+. The van der Waals surface area contributed by atoms with Gasteiger partial charge in [0.25, 0.3) is 0 Å². The summed E-state index contributed by atoms with van der Waals surface area (Å²) in [4.78, 5) is 28.3. The largest absolute Gasteiger partial charge is 0.274 e. The summed E-state index contributed by atoms with van der Waals surface area (Å²) in [5, 5.41) is -0.104. The van der Waals surface area contributed by atoms with Gasteiger partial charge in [0, 0.05) is 11.8 Å². The normalized spacial score (nSPS) is 26.3. The van der Waals surface area contributed by atoms with Gasteiger partial charge in [0.05, 0.1) is 22.5 Å². The fraction of sp³-hybridized carbons (Fsp3) is 0.167. The summed E-state index contributed by atoms with van der Waals surface area (Å²) in [6.45, 7) is 0. The van der Waals surface area contributed by atoms with E-state index in [2.05, 4.69) is 24.3 Å². The SMILES string of the molecule is O=C1[C@@H]2C3c4ccccc4C(c4ccccc43)[C@@H]2C(=O)N1c1ccc(F)c(Cl)c1. The van der Waals surface area contributed by atoms with Gasteiger partial charge in [-0.1, -0.05) is 60.1 Å². The zero-order valence-corrected chi connectivity index (χ0v) is 15.9. The van der Waals surface area contributed by atoms with Crippen molar-refractivity contribution in [2.24, 2.45) is 11.8 Å². The van der Waals surface area contributed by atoms with Crippen molar-refractivity contribution in [1.82, 2.24) is 0 Å². The first-order valence-corrected chi connectivity index (χ1v) is 9.96.